The van der Waals surface area contributed by atoms with Gasteiger partial charge in [0.05, 0.1) is 11.2 Å². The number of para-hydroxylation sites is 1. The van der Waals surface area contributed by atoms with Crippen molar-refractivity contribution in [3.05, 3.63) is 36.0 Å². The van der Waals surface area contributed by atoms with Crippen LogP contribution in [0, 0.1) is 11.3 Å². The number of hydrogen-bond donors (Lipinski definition) is 3. The van der Waals surface area contributed by atoms with Crippen LogP contribution in [0.3, 0.4) is 0 Å². The fraction of sp³-hybridized carbons (Fsp3) is 0.375. The van der Waals surface area contributed by atoms with Crippen molar-refractivity contribution in [2.75, 3.05) is 12.0 Å². The molecule has 1 amide bonds. The van der Waals surface area contributed by atoms with Crippen LogP contribution in [-0.2, 0) is 0 Å². The maximum Gasteiger partial charge on any atom is 0.269 e. The standard InChI is InChI=1S/C16H20N4O/c1-16(2)8-10(16)9-18-15(21)14-7-13(20-17)11-5-3-4-6-12(11)19-14/h3-7,10H,8-9,17H2,1-2H3,(H,18,21)(H,19,20). The lowest BCUT2D eigenvalue weighted by atomic mass is 10.1. The van der Waals surface area contributed by atoms with Crippen molar-refractivity contribution in [3.8, 4) is 0 Å². The number of nitrogen functional groups attached to an aromatic ring is 1. The highest BCUT2D eigenvalue weighted by Crippen LogP contribution is 2.50. The van der Waals surface area contributed by atoms with Gasteiger partial charge in [0.15, 0.2) is 0 Å². The van der Waals surface area contributed by atoms with Crippen LogP contribution in [0.2, 0.25) is 0 Å². The highest BCUT2D eigenvalue weighted by Gasteiger charge is 2.45. The van der Waals surface area contributed by atoms with Gasteiger partial charge in [0.2, 0.25) is 0 Å². The van der Waals surface area contributed by atoms with Crippen LogP contribution in [-0.4, -0.2) is 17.4 Å². The monoisotopic (exact) mass is 284 g/mol. The minimum absolute atomic E-state index is 0.153. The number of nitrogens with two attached hydrogens (primary N) is 1. The topological polar surface area (TPSA) is 80.0 Å². The number of hydrazine groups is 1. The number of pyridine rings is 1. The van der Waals surface area contributed by atoms with E-state index in [1.165, 1.54) is 0 Å². The summed E-state index contributed by atoms with van der Waals surface area (Å²) in [6, 6.07) is 9.29. The Hall–Kier alpha value is -2.14. The van der Waals surface area contributed by atoms with Crippen LogP contribution >= 0.6 is 0 Å². The first-order valence-corrected chi connectivity index (χ1v) is 7.16. The first-order chi connectivity index (χ1) is 10.0. The van der Waals surface area contributed by atoms with E-state index in [2.05, 4.69) is 29.6 Å². The van der Waals surface area contributed by atoms with Crippen LogP contribution < -0.4 is 16.6 Å². The van der Waals surface area contributed by atoms with E-state index in [0.29, 0.717) is 29.3 Å². The Morgan fingerprint density at radius 2 is 2.14 bits per heavy atom. The lowest BCUT2D eigenvalue weighted by molar-refractivity contribution is 0.0946. The second-order valence-corrected chi connectivity index (χ2v) is 6.32. The molecule has 1 unspecified atom stereocenters. The third-order valence-electron chi connectivity index (χ3n) is 4.33. The van der Waals surface area contributed by atoms with E-state index >= 15 is 0 Å². The van der Waals surface area contributed by atoms with Crippen molar-refractivity contribution in [1.82, 2.24) is 10.3 Å². The van der Waals surface area contributed by atoms with Gasteiger partial charge in [0, 0.05) is 11.9 Å². The van der Waals surface area contributed by atoms with Crippen molar-refractivity contribution >= 4 is 22.5 Å². The summed E-state index contributed by atoms with van der Waals surface area (Å²) in [4.78, 5) is 16.7. The Morgan fingerprint density at radius 3 is 2.81 bits per heavy atom. The average molecular weight is 284 g/mol. The number of nitrogens with zero attached hydrogens (tertiary/aromatic N) is 1. The van der Waals surface area contributed by atoms with Crippen molar-refractivity contribution in [2.24, 2.45) is 17.2 Å². The molecule has 5 nitrogen and oxygen atoms in total. The van der Waals surface area contributed by atoms with Crippen LogP contribution in [0.1, 0.15) is 30.8 Å². The molecule has 1 aliphatic carbocycles. The highest BCUT2D eigenvalue weighted by molar-refractivity contribution is 5.99. The van der Waals surface area contributed by atoms with Gasteiger partial charge in [-0.2, -0.15) is 0 Å². The van der Waals surface area contributed by atoms with E-state index in [1.54, 1.807) is 6.07 Å². The van der Waals surface area contributed by atoms with Crippen molar-refractivity contribution in [3.63, 3.8) is 0 Å². The molecule has 1 aliphatic rings. The SMILES string of the molecule is CC1(C)CC1CNC(=O)c1cc(NN)c2ccccc2n1. The second-order valence-electron chi connectivity index (χ2n) is 6.32. The van der Waals surface area contributed by atoms with E-state index < -0.39 is 0 Å². The fourth-order valence-electron chi connectivity index (χ4n) is 2.64. The molecule has 0 bridgehead atoms. The zero-order valence-electron chi connectivity index (χ0n) is 12.3. The molecule has 3 rings (SSSR count). The van der Waals surface area contributed by atoms with Gasteiger partial charge in [0.1, 0.15) is 5.69 Å². The van der Waals surface area contributed by atoms with Gasteiger partial charge in [-0.25, -0.2) is 4.98 Å². The van der Waals surface area contributed by atoms with Crippen LogP contribution in [0.25, 0.3) is 10.9 Å². The van der Waals surface area contributed by atoms with E-state index in [9.17, 15) is 4.79 Å². The quantitative estimate of drug-likeness (QED) is 0.594. The molecule has 1 aromatic heterocycles. The zero-order chi connectivity index (χ0) is 15.0. The van der Waals surface area contributed by atoms with Crippen molar-refractivity contribution < 1.29 is 4.79 Å². The van der Waals surface area contributed by atoms with E-state index in [1.807, 2.05) is 24.3 Å². The molecular formula is C16H20N4O. The van der Waals surface area contributed by atoms with Crippen LogP contribution in [0.4, 0.5) is 5.69 Å². The molecule has 1 heterocycles. The number of amides is 1. The average Bonchev–Trinajstić information content (AvgIpc) is 3.10. The number of hydrogen-bond acceptors (Lipinski definition) is 4. The van der Waals surface area contributed by atoms with Crippen LogP contribution in [0.15, 0.2) is 30.3 Å². The van der Waals surface area contributed by atoms with Crippen molar-refractivity contribution in [2.45, 2.75) is 20.3 Å². The lowest BCUT2D eigenvalue weighted by Crippen LogP contribution is -2.27. The Labute approximate surface area is 123 Å². The molecule has 110 valence electrons. The number of fused-ring (bicyclic) bond motifs is 1. The number of carbonyl (C=O) groups excluding carboxylic acids is 1. The first kappa shape index (κ1) is 13.8. The molecule has 0 aliphatic heterocycles. The lowest BCUT2D eigenvalue weighted by Gasteiger charge is -2.10. The van der Waals surface area contributed by atoms with Gasteiger partial charge in [0.25, 0.3) is 5.91 Å². The molecule has 1 fully saturated rings. The normalized spacial score (nSPS) is 19.3. The predicted octanol–water partition coefficient (Wildman–Crippen LogP) is 2.30. The Bertz CT molecular complexity index is 696. The molecule has 0 saturated heterocycles. The summed E-state index contributed by atoms with van der Waals surface area (Å²) in [5.41, 5.74) is 4.84. The summed E-state index contributed by atoms with van der Waals surface area (Å²) in [5, 5.41) is 3.87. The summed E-state index contributed by atoms with van der Waals surface area (Å²) in [7, 11) is 0. The number of aromatic nitrogens is 1. The summed E-state index contributed by atoms with van der Waals surface area (Å²) >= 11 is 0. The maximum atomic E-state index is 12.3. The summed E-state index contributed by atoms with van der Waals surface area (Å²) in [5.74, 6) is 5.95. The Morgan fingerprint density at radius 1 is 1.43 bits per heavy atom. The fourth-order valence-corrected chi connectivity index (χ4v) is 2.64. The second kappa shape index (κ2) is 5.00. The molecule has 2 aromatic rings. The Kier molecular flexibility index (Phi) is 3.29. The number of rotatable bonds is 4. The molecule has 21 heavy (non-hydrogen) atoms. The van der Waals surface area contributed by atoms with Gasteiger partial charge in [-0.1, -0.05) is 32.0 Å². The summed E-state index contributed by atoms with van der Waals surface area (Å²) in [6.07, 6.45) is 1.16. The third-order valence-corrected chi connectivity index (χ3v) is 4.33. The van der Waals surface area contributed by atoms with E-state index in [4.69, 9.17) is 5.84 Å². The molecule has 4 N–H and O–H groups in total. The maximum absolute atomic E-state index is 12.3. The molecule has 1 saturated carbocycles. The van der Waals surface area contributed by atoms with Crippen LogP contribution in [0.5, 0.6) is 0 Å². The van der Waals surface area contributed by atoms with E-state index in [0.717, 1.165) is 17.3 Å². The molecule has 0 radical (unpaired) electrons. The highest BCUT2D eigenvalue weighted by atomic mass is 16.1. The largest absolute Gasteiger partial charge is 0.350 e. The van der Waals surface area contributed by atoms with Gasteiger partial charge in [-0.15, -0.1) is 0 Å². The van der Waals surface area contributed by atoms with Gasteiger partial charge < -0.3 is 10.7 Å². The minimum atomic E-state index is -0.153. The number of anilines is 1. The summed E-state index contributed by atoms with van der Waals surface area (Å²) in [6.45, 7) is 5.13. The third kappa shape index (κ3) is 2.69. The smallest absolute Gasteiger partial charge is 0.269 e. The number of benzene rings is 1. The molecular weight excluding hydrogens is 264 g/mol. The summed E-state index contributed by atoms with van der Waals surface area (Å²) < 4.78 is 0. The van der Waals surface area contributed by atoms with Gasteiger partial charge in [-0.05, 0) is 29.9 Å². The molecule has 1 atom stereocenters. The number of carbonyl (C=O) groups is 1. The first-order valence-electron chi connectivity index (χ1n) is 7.16. The Balaban J connectivity index is 1.81. The van der Waals surface area contributed by atoms with E-state index in [-0.39, 0.29) is 5.91 Å². The van der Waals surface area contributed by atoms with Gasteiger partial charge >= 0.3 is 0 Å². The molecule has 5 heteroatoms. The number of nitrogens with one attached hydrogen (secondary N) is 2. The predicted molar refractivity (Wildman–Crippen MR) is 83.8 cm³/mol. The minimum Gasteiger partial charge on any atom is -0.350 e. The van der Waals surface area contributed by atoms with Crippen molar-refractivity contribution in [1.29, 1.82) is 0 Å². The van der Waals surface area contributed by atoms with Gasteiger partial charge in [-0.3, -0.25) is 10.6 Å². The molecule has 0 spiro atoms. The molecule has 1 aromatic carbocycles. The zero-order valence-corrected chi connectivity index (χ0v) is 12.3.